The van der Waals surface area contributed by atoms with Gasteiger partial charge in [-0.3, -0.25) is 9.59 Å². The van der Waals surface area contributed by atoms with E-state index >= 15 is 0 Å². The maximum absolute atomic E-state index is 13.1. The standard InChI is InChI=1S/C23H25N3O2/c1-18(27)24-12-7-13-25(15-14-24)23(28)17-26-21-11-6-5-10-20(21)16-22(26)19-8-3-2-4-9-19/h2-6,8-11,16H,7,12-15,17H2,1H3. The molecule has 28 heavy (non-hydrogen) atoms. The van der Waals surface area contributed by atoms with Gasteiger partial charge in [-0.1, -0.05) is 48.5 Å². The third-order valence-corrected chi connectivity index (χ3v) is 5.47. The molecule has 0 aliphatic carbocycles. The molecule has 0 N–H and O–H groups in total. The van der Waals surface area contributed by atoms with Crippen LogP contribution in [0.15, 0.2) is 60.7 Å². The number of carbonyl (C=O) groups excluding carboxylic acids is 2. The van der Waals surface area contributed by atoms with Crippen molar-refractivity contribution < 1.29 is 9.59 Å². The molecular weight excluding hydrogens is 350 g/mol. The molecular formula is C23H25N3O2. The van der Waals surface area contributed by atoms with E-state index in [1.807, 2.05) is 40.1 Å². The fraction of sp³-hybridized carbons (Fsp3) is 0.304. The Labute approximate surface area is 165 Å². The largest absolute Gasteiger partial charge is 0.341 e. The highest BCUT2D eigenvalue weighted by molar-refractivity contribution is 5.89. The zero-order valence-electron chi connectivity index (χ0n) is 16.2. The molecule has 0 saturated carbocycles. The van der Waals surface area contributed by atoms with Crippen molar-refractivity contribution in [1.82, 2.24) is 14.4 Å². The van der Waals surface area contributed by atoms with Crippen molar-refractivity contribution in [1.29, 1.82) is 0 Å². The molecule has 2 amide bonds. The number of para-hydroxylation sites is 1. The zero-order chi connectivity index (χ0) is 19.5. The van der Waals surface area contributed by atoms with Crippen LogP contribution in [0.2, 0.25) is 0 Å². The average molecular weight is 375 g/mol. The van der Waals surface area contributed by atoms with E-state index < -0.39 is 0 Å². The van der Waals surface area contributed by atoms with Crippen LogP contribution in [0.5, 0.6) is 0 Å². The van der Waals surface area contributed by atoms with Gasteiger partial charge >= 0.3 is 0 Å². The van der Waals surface area contributed by atoms with Gasteiger partial charge in [0.25, 0.3) is 0 Å². The number of fused-ring (bicyclic) bond motifs is 1. The minimum atomic E-state index is 0.0806. The highest BCUT2D eigenvalue weighted by Crippen LogP contribution is 2.28. The van der Waals surface area contributed by atoms with E-state index in [0.717, 1.165) is 35.1 Å². The summed E-state index contributed by atoms with van der Waals surface area (Å²) in [5.41, 5.74) is 3.22. The van der Waals surface area contributed by atoms with E-state index in [2.05, 4.69) is 34.9 Å². The fourth-order valence-corrected chi connectivity index (χ4v) is 3.95. The second kappa shape index (κ2) is 7.89. The van der Waals surface area contributed by atoms with Gasteiger partial charge in [-0.2, -0.15) is 0 Å². The van der Waals surface area contributed by atoms with Gasteiger partial charge in [-0.15, -0.1) is 0 Å². The van der Waals surface area contributed by atoms with Crippen LogP contribution in [-0.4, -0.2) is 52.4 Å². The fourth-order valence-electron chi connectivity index (χ4n) is 3.95. The first-order valence-electron chi connectivity index (χ1n) is 9.80. The maximum Gasteiger partial charge on any atom is 0.242 e. The van der Waals surface area contributed by atoms with E-state index in [0.29, 0.717) is 26.2 Å². The van der Waals surface area contributed by atoms with Crippen LogP contribution >= 0.6 is 0 Å². The normalized spacial score (nSPS) is 14.9. The molecule has 1 aromatic heterocycles. The Kier molecular flexibility index (Phi) is 5.15. The molecule has 144 valence electrons. The van der Waals surface area contributed by atoms with E-state index in [-0.39, 0.29) is 11.8 Å². The minimum Gasteiger partial charge on any atom is -0.341 e. The second-order valence-corrected chi connectivity index (χ2v) is 7.28. The van der Waals surface area contributed by atoms with Gasteiger partial charge in [-0.25, -0.2) is 0 Å². The summed E-state index contributed by atoms with van der Waals surface area (Å²) in [6.45, 7) is 4.52. The van der Waals surface area contributed by atoms with Crippen LogP contribution in [0.3, 0.4) is 0 Å². The van der Waals surface area contributed by atoms with Crippen molar-refractivity contribution in [3.63, 3.8) is 0 Å². The zero-order valence-corrected chi connectivity index (χ0v) is 16.2. The molecule has 3 aromatic rings. The summed E-state index contributed by atoms with van der Waals surface area (Å²) < 4.78 is 2.11. The van der Waals surface area contributed by atoms with Crippen molar-refractivity contribution in [3.05, 3.63) is 60.7 Å². The number of rotatable bonds is 3. The first-order valence-corrected chi connectivity index (χ1v) is 9.80. The summed E-state index contributed by atoms with van der Waals surface area (Å²) in [5, 5.41) is 1.13. The molecule has 4 rings (SSSR count). The smallest absolute Gasteiger partial charge is 0.242 e. The Morgan fingerprint density at radius 3 is 2.32 bits per heavy atom. The molecule has 1 saturated heterocycles. The Morgan fingerprint density at radius 2 is 1.54 bits per heavy atom. The average Bonchev–Trinajstić information content (AvgIpc) is 2.89. The maximum atomic E-state index is 13.1. The molecule has 1 aliphatic heterocycles. The van der Waals surface area contributed by atoms with Gasteiger partial charge in [0.1, 0.15) is 6.54 Å². The summed E-state index contributed by atoms with van der Waals surface area (Å²) in [6.07, 6.45) is 0.823. The Balaban J connectivity index is 1.62. The van der Waals surface area contributed by atoms with Crippen molar-refractivity contribution in [2.45, 2.75) is 19.9 Å². The summed E-state index contributed by atoms with van der Waals surface area (Å²) >= 11 is 0. The van der Waals surface area contributed by atoms with E-state index in [4.69, 9.17) is 0 Å². The SMILES string of the molecule is CC(=O)N1CCCN(C(=O)Cn2c(-c3ccccc3)cc3ccccc32)CC1. The van der Waals surface area contributed by atoms with Gasteiger partial charge in [0.2, 0.25) is 11.8 Å². The predicted molar refractivity (Wildman–Crippen MR) is 111 cm³/mol. The molecule has 1 aliphatic rings. The highest BCUT2D eigenvalue weighted by Gasteiger charge is 2.22. The minimum absolute atomic E-state index is 0.0806. The van der Waals surface area contributed by atoms with Crippen molar-refractivity contribution >= 4 is 22.7 Å². The van der Waals surface area contributed by atoms with Crippen LogP contribution in [0.1, 0.15) is 13.3 Å². The van der Waals surface area contributed by atoms with Gasteiger partial charge in [0.15, 0.2) is 0 Å². The van der Waals surface area contributed by atoms with Crippen molar-refractivity contribution in [2.24, 2.45) is 0 Å². The quantitative estimate of drug-likeness (QED) is 0.704. The number of amides is 2. The van der Waals surface area contributed by atoms with E-state index in [9.17, 15) is 9.59 Å². The summed E-state index contributed by atoms with van der Waals surface area (Å²) in [7, 11) is 0. The van der Waals surface area contributed by atoms with Gasteiger partial charge in [0, 0.05) is 49.7 Å². The summed E-state index contributed by atoms with van der Waals surface area (Å²) in [6, 6.07) is 20.5. The number of benzene rings is 2. The number of nitrogens with zero attached hydrogens (tertiary/aromatic N) is 3. The Morgan fingerprint density at radius 1 is 0.857 bits per heavy atom. The van der Waals surface area contributed by atoms with Crippen LogP contribution in [0.4, 0.5) is 0 Å². The molecule has 0 unspecified atom stereocenters. The Bertz CT molecular complexity index is 994. The van der Waals surface area contributed by atoms with Gasteiger partial charge in [-0.05, 0) is 24.1 Å². The van der Waals surface area contributed by atoms with E-state index in [1.54, 1.807) is 6.92 Å². The molecule has 0 spiro atoms. The second-order valence-electron chi connectivity index (χ2n) is 7.28. The number of aromatic nitrogens is 1. The molecule has 5 heteroatoms. The summed E-state index contributed by atoms with van der Waals surface area (Å²) in [4.78, 5) is 28.5. The highest BCUT2D eigenvalue weighted by atomic mass is 16.2. The molecule has 5 nitrogen and oxygen atoms in total. The Hall–Kier alpha value is -3.08. The lowest BCUT2D eigenvalue weighted by atomic mass is 10.1. The lowest BCUT2D eigenvalue weighted by molar-refractivity contribution is -0.133. The number of hydrogen-bond acceptors (Lipinski definition) is 2. The predicted octanol–water partition coefficient (Wildman–Crippen LogP) is 3.39. The third-order valence-electron chi connectivity index (χ3n) is 5.47. The van der Waals surface area contributed by atoms with Crippen molar-refractivity contribution in [3.8, 4) is 11.3 Å². The van der Waals surface area contributed by atoms with Gasteiger partial charge < -0.3 is 14.4 Å². The molecule has 1 fully saturated rings. The molecule has 2 heterocycles. The van der Waals surface area contributed by atoms with Crippen LogP contribution in [0.25, 0.3) is 22.2 Å². The van der Waals surface area contributed by atoms with Crippen molar-refractivity contribution in [2.75, 3.05) is 26.2 Å². The summed E-state index contributed by atoms with van der Waals surface area (Å²) in [5.74, 6) is 0.181. The van der Waals surface area contributed by atoms with Crippen LogP contribution in [-0.2, 0) is 16.1 Å². The third kappa shape index (κ3) is 3.65. The topological polar surface area (TPSA) is 45.6 Å². The van der Waals surface area contributed by atoms with Crippen LogP contribution in [0, 0.1) is 0 Å². The van der Waals surface area contributed by atoms with E-state index in [1.165, 1.54) is 0 Å². The van der Waals surface area contributed by atoms with Crippen LogP contribution < -0.4 is 0 Å². The molecule has 0 atom stereocenters. The lowest BCUT2D eigenvalue weighted by Gasteiger charge is -2.22. The molecule has 0 bridgehead atoms. The lowest BCUT2D eigenvalue weighted by Crippen LogP contribution is -2.38. The van der Waals surface area contributed by atoms with Gasteiger partial charge in [0.05, 0.1) is 0 Å². The number of hydrogen-bond donors (Lipinski definition) is 0. The first-order chi connectivity index (χ1) is 13.6. The number of carbonyl (C=O) groups is 2. The molecule has 2 aromatic carbocycles. The monoisotopic (exact) mass is 375 g/mol. The first kappa shape index (κ1) is 18.3. The molecule has 0 radical (unpaired) electrons.